The minimum Gasteiger partial charge on any atom is -0.481 e. The number of carboxylic acids is 1. The molecule has 4 nitrogen and oxygen atoms in total. The number of H-pyrrole nitrogens is 1. The van der Waals surface area contributed by atoms with Crippen molar-refractivity contribution in [2.75, 3.05) is 0 Å². The van der Waals surface area contributed by atoms with Crippen molar-refractivity contribution < 1.29 is 9.90 Å². The van der Waals surface area contributed by atoms with Gasteiger partial charge in [0, 0.05) is 17.8 Å². The third-order valence-electron chi connectivity index (χ3n) is 3.47. The van der Waals surface area contributed by atoms with Crippen molar-refractivity contribution in [1.82, 2.24) is 4.98 Å². The van der Waals surface area contributed by atoms with Crippen molar-refractivity contribution in [3.63, 3.8) is 0 Å². The summed E-state index contributed by atoms with van der Waals surface area (Å²) in [6.45, 7) is 4.02. The zero-order chi connectivity index (χ0) is 11.9. The van der Waals surface area contributed by atoms with E-state index in [4.69, 9.17) is 10.8 Å². The molecular weight excluding hydrogens is 204 g/mol. The molecule has 4 N–H and O–H groups in total. The van der Waals surface area contributed by atoms with Gasteiger partial charge in [0.2, 0.25) is 0 Å². The molecule has 0 unspecified atom stereocenters. The molecule has 2 rings (SSSR count). The van der Waals surface area contributed by atoms with E-state index in [1.807, 2.05) is 13.8 Å². The van der Waals surface area contributed by atoms with E-state index < -0.39 is 5.97 Å². The standard InChI is InChI=1S/C12H18N2O2/c1-7-9(3-4-10(15)16)8(2)14-11(7)12(13)5-6-12/h14H,3-6,13H2,1-2H3,(H,15,16). The highest BCUT2D eigenvalue weighted by Gasteiger charge is 2.43. The first-order valence-corrected chi connectivity index (χ1v) is 5.63. The molecule has 0 amide bonds. The summed E-state index contributed by atoms with van der Waals surface area (Å²) in [4.78, 5) is 13.9. The third kappa shape index (κ3) is 1.85. The van der Waals surface area contributed by atoms with Crippen molar-refractivity contribution in [3.8, 4) is 0 Å². The summed E-state index contributed by atoms with van der Waals surface area (Å²) < 4.78 is 0. The normalized spacial score (nSPS) is 17.4. The number of nitrogens with two attached hydrogens (primary N) is 1. The molecule has 1 aromatic rings. The minimum atomic E-state index is -0.754. The molecular formula is C12H18N2O2. The van der Waals surface area contributed by atoms with Crippen molar-refractivity contribution in [3.05, 3.63) is 22.5 Å². The maximum atomic E-state index is 10.6. The van der Waals surface area contributed by atoms with E-state index in [0.29, 0.717) is 6.42 Å². The molecule has 16 heavy (non-hydrogen) atoms. The topological polar surface area (TPSA) is 79.1 Å². The largest absolute Gasteiger partial charge is 0.481 e. The SMILES string of the molecule is Cc1[nH]c(C2(N)CC2)c(C)c1CCC(=O)O. The fourth-order valence-electron chi connectivity index (χ4n) is 2.28. The van der Waals surface area contributed by atoms with E-state index in [0.717, 1.165) is 35.4 Å². The van der Waals surface area contributed by atoms with Crippen LogP contribution in [0.4, 0.5) is 0 Å². The molecule has 1 aliphatic rings. The highest BCUT2D eigenvalue weighted by atomic mass is 16.4. The molecule has 1 aliphatic carbocycles. The Morgan fingerprint density at radius 3 is 2.62 bits per heavy atom. The van der Waals surface area contributed by atoms with Crippen LogP contribution in [0.15, 0.2) is 0 Å². The lowest BCUT2D eigenvalue weighted by Gasteiger charge is -2.08. The summed E-state index contributed by atoms with van der Waals surface area (Å²) in [5.41, 5.74) is 10.4. The van der Waals surface area contributed by atoms with Gasteiger partial charge in [0.05, 0.1) is 5.54 Å². The Morgan fingerprint density at radius 1 is 1.50 bits per heavy atom. The third-order valence-corrected chi connectivity index (χ3v) is 3.47. The van der Waals surface area contributed by atoms with Crippen molar-refractivity contribution in [2.24, 2.45) is 5.73 Å². The predicted molar refractivity (Wildman–Crippen MR) is 61.3 cm³/mol. The average molecular weight is 222 g/mol. The van der Waals surface area contributed by atoms with Crippen LogP contribution < -0.4 is 5.73 Å². The van der Waals surface area contributed by atoms with E-state index >= 15 is 0 Å². The summed E-state index contributed by atoms with van der Waals surface area (Å²) >= 11 is 0. The zero-order valence-corrected chi connectivity index (χ0v) is 9.76. The summed E-state index contributed by atoms with van der Waals surface area (Å²) in [5, 5.41) is 8.70. The Bertz CT molecular complexity index is 430. The summed E-state index contributed by atoms with van der Waals surface area (Å²) in [6, 6.07) is 0. The predicted octanol–water partition coefficient (Wildman–Crippen LogP) is 1.60. The monoisotopic (exact) mass is 222 g/mol. The van der Waals surface area contributed by atoms with E-state index in [1.165, 1.54) is 0 Å². The van der Waals surface area contributed by atoms with Gasteiger partial charge in [0.25, 0.3) is 0 Å². The molecule has 1 heterocycles. The van der Waals surface area contributed by atoms with Crippen LogP contribution in [0.25, 0.3) is 0 Å². The first-order chi connectivity index (χ1) is 7.44. The molecule has 0 saturated heterocycles. The minimum absolute atomic E-state index is 0.170. The first-order valence-electron chi connectivity index (χ1n) is 5.63. The molecule has 0 bridgehead atoms. The summed E-state index contributed by atoms with van der Waals surface area (Å²) in [7, 11) is 0. The van der Waals surface area contributed by atoms with Gasteiger partial charge in [-0.1, -0.05) is 0 Å². The number of carbonyl (C=O) groups is 1. The number of aliphatic carboxylic acids is 1. The van der Waals surface area contributed by atoms with Gasteiger partial charge < -0.3 is 15.8 Å². The second-order valence-electron chi connectivity index (χ2n) is 4.78. The molecule has 1 aromatic heterocycles. The highest BCUT2D eigenvalue weighted by Crippen LogP contribution is 2.44. The summed E-state index contributed by atoms with van der Waals surface area (Å²) in [6.07, 6.45) is 2.80. The average Bonchev–Trinajstić information content (AvgIpc) is 2.86. The van der Waals surface area contributed by atoms with Crippen LogP contribution >= 0.6 is 0 Å². The van der Waals surface area contributed by atoms with Crippen molar-refractivity contribution in [2.45, 2.75) is 45.1 Å². The Labute approximate surface area is 94.8 Å². The molecule has 0 radical (unpaired) electrons. The van der Waals surface area contributed by atoms with Crippen LogP contribution in [-0.2, 0) is 16.8 Å². The van der Waals surface area contributed by atoms with Crippen LogP contribution in [-0.4, -0.2) is 16.1 Å². The number of nitrogens with one attached hydrogen (secondary N) is 1. The lowest BCUT2D eigenvalue weighted by molar-refractivity contribution is -0.136. The number of hydrogen-bond acceptors (Lipinski definition) is 2. The van der Waals surface area contributed by atoms with Gasteiger partial charge in [-0.05, 0) is 44.2 Å². The van der Waals surface area contributed by atoms with Crippen LogP contribution in [0, 0.1) is 13.8 Å². The van der Waals surface area contributed by atoms with Gasteiger partial charge in [0.1, 0.15) is 0 Å². The number of hydrogen-bond donors (Lipinski definition) is 3. The summed E-state index contributed by atoms with van der Waals surface area (Å²) in [5.74, 6) is -0.754. The van der Waals surface area contributed by atoms with Crippen LogP contribution in [0.2, 0.25) is 0 Å². The van der Waals surface area contributed by atoms with E-state index in [2.05, 4.69) is 4.98 Å². The van der Waals surface area contributed by atoms with Crippen molar-refractivity contribution in [1.29, 1.82) is 0 Å². The highest BCUT2D eigenvalue weighted by molar-refractivity contribution is 5.67. The molecule has 0 aromatic carbocycles. The van der Waals surface area contributed by atoms with Gasteiger partial charge in [-0.15, -0.1) is 0 Å². The smallest absolute Gasteiger partial charge is 0.303 e. The fourth-order valence-corrected chi connectivity index (χ4v) is 2.28. The molecule has 0 aliphatic heterocycles. The van der Waals surface area contributed by atoms with Crippen LogP contribution in [0.5, 0.6) is 0 Å². The van der Waals surface area contributed by atoms with E-state index in [-0.39, 0.29) is 12.0 Å². The maximum absolute atomic E-state index is 10.6. The fraction of sp³-hybridized carbons (Fsp3) is 0.583. The maximum Gasteiger partial charge on any atom is 0.303 e. The number of aromatic nitrogens is 1. The molecule has 1 fully saturated rings. The second-order valence-corrected chi connectivity index (χ2v) is 4.78. The van der Waals surface area contributed by atoms with Gasteiger partial charge in [0.15, 0.2) is 0 Å². The quantitative estimate of drug-likeness (QED) is 0.724. The van der Waals surface area contributed by atoms with Gasteiger partial charge in [-0.25, -0.2) is 0 Å². The van der Waals surface area contributed by atoms with E-state index in [1.54, 1.807) is 0 Å². The van der Waals surface area contributed by atoms with Crippen molar-refractivity contribution >= 4 is 5.97 Å². The lowest BCUT2D eigenvalue weighted by Crippen LogP contribution is -2.20. The molecule has 1 saturated carbocycles. The molecule has 0 atom stereocenters. The Hall–Kier alpha value is -1.29. The molecule has 4 heteroatoms. The first kappa shape index (κ1) is 11.2. The molecule has 88 valence electrons. The second kappa shape index (κ2) is 3.63. The number of aryl methyl sites for hydroxylation is 1. The molecule has 0 spiro atoms. The lowest BCUT2D eigenvalue weighted by atomic mass is 10.0. The Morgan fingerprint density at radius 2 is 2.12 bits per heavy atom. The Kier molecular flexibility index (Phi) is 2.54. The van der Waals surface area contributed by atoms with Gasteiger partial charge in [-0.3, -0.25) is 4.79 Å². The number of carboxylic acid groups (broad SMARTS) is 1. The Balaban J connectivity index is 2.25. The zero-order valence-electron chi connectivity index (χ0n) is 9.76. The van der Waals surface area contributed by atoms with Gasteiger partial charge >= 0.3 is 5.97 Å². The van der Waals surface area contributed by atoms with Crippen LogP contribution in [0.3, 0.4) is 0 Å². The van der Waals surface area contributed by atoms with E-state index in [9.17, 15) is 4.79 Å². The number of rotatable bonds is 4. The van der Waals surface area contributed by atoms with Crippen LogP contribution in [0.1, 0.15) is 41.8 Å². The number of aromatic amines is 1. The van der Waals surface area contributed by atoms with Gasteiger partial charge in [-0.2, -0.15) is 0 Å².